The van der Waals surface area contributed by atoms with E-state index in [1.54, 1.807) is 25.4 Å². The monoisotopic (exact) mass is 291 g/mol. The third-order valence-corrected chi connectivity index (χ3v) is 5.39. The highest BCUT2D eigenvalue weighted by atomic mass is 32.2. The fourth-order valence-corrected chi connectivity index (χ4v) is 3.51. The second-order valence-corrected chi connectivity index (χ2v) is 7.30. The lowest BCUT2D eigenvalue weighted by molar-refractivity contribution is 0.386. The molecule has 0 spiro atoms. The van der Waals surface area contributed by atoms with Gasteiger partial charge in [-0.2, -0.15) is 17.0 Å². The van der Waals surface area contributed by atoms with Crippen molar-refractivity contribution in [3.05, 3.63) is 22.4 Å². The first kappa shape index (κ1) is 15.6. The van der Waals surface area contributed by atoms with Crippen LogP contribution >= 0.6 is 11.3 Å². The molecular weight excluding hydrogens is 270 g/mol. The van der Waals surface area contributed by atoms with Crippen LogP contribution in [0, 0.1) is 0 Å². The molecule has 5 nitrogen and oxygen atoms in total. The van der Waals surface area contributed by atoms with Crippen LogP contribution in [0.2, 0.25) is 0 Å². The average Bonchev–Trinajstić information content (AvgIpc) is 2.81. The highest BCUT2D eigenvalue weighted by molar-refractivity contribution is 7.86. The van der Waals surface area contributed by atoms with Gasteiger partial charge in [0.15, 0.2) is 0 Å². The van der Waals surface area contributed by atoms with Crippen molar-refractivity contribution in [3.63, 3.8) is 0 Å². The molecule has 0 atom stereocenters. The van der Waals surface area contributed by atoms with E-state index in [-0.39, 0.29) is 0 Å². The van der Waals surface area contributed by atoms with Crippen molar-refractivity contribution < 1.29 is 8.42 Å². The normalized spacial score (nSPS) is 12.5. The molecule has 1 N–H and O–H groups in total. The predicted octanol–water partition coefficient (Wildman–Crippen LogP) is 0.966. The Morgan fingerprint density at radius 3 is 2.61 bits per heavy atom. The van der Waals surface area contributed by atoms with Crippen LogP contribution < -0.4 is 5.32 Å². The Morgan fingerprint density at radius 1 is 1.33 bits per heavy atom. The van der Waals surface area contributed by atoms with Crippen LogP contribution in [-0.4, -0.2) is 51.3 Å². The summed E-state index contributed by atoms with van der Waals surface area (Å²) in [6, 6.07) is 3.87. The van der Waals surface area contributed by atoms with Gasteiger partial charge >= 0.3 is 0 Å². The minimum Gasteiger partial charge on any atom is -0.320 e. The molecule has 0 saturated heterocycles. The molecule has 0 radical (unpaired) electrons. The van der Waals surface area contributed by atoms with E-state index in [0.29, 0.717) is 13.1 Å². The Hall–Kier alpha value is -0.470. The third-order valence-electron chi connectivity index (χ3n) is 2.65. The van der Waals surface area contributed by atoms with Gasteiger partial charge in [0, 0.05) is 32.1 Å². The summed E-state index contributed by atoms with van der Waals surface area (Å²) in [5.74, 6) is 0. The summed E-state index contributed by atoms with van der Waals surface area (Å²) < 4.78 is 27.2. The van der Waals surface area contributed by atoms with E-state index in [9.17, 15) is 8.42 Å². The number of hydrogen-bond acceptors (Lipinski definition) is 4. The Morgan fingerprint density at radius 2 is 2.06 bits per heavy atom. The van der Waals surface area contributed by atoms with Gasteiger partial charge in [0.2, 0.25) is 0 Å². The van der Waals surface area contributed by atoms with Gasteiger partial charge in [-0.15, -0.1) is 11.3 Å². The number of thiophene rings is 1. The van der Waals surface area contributed by atoms with E-state index in [2.05, 4.69) is 5.32 Å². The van der Waals surface area contributed by atoms with Crippen LogP contribution in [-0.2, 0) is 16.8 Å². The highest BCUT2D eigenvalue weighted by Crippen LogP contribution is 2.14. The molecule has 0 fully saturated rings. The van der Waals surface area contributed by atoms with E-state index in [4.69, 9.17) is 0 Å². The predicted molar refractivity (Wildman–Crippen MR) is 75.9 cm³/mol. The molecule has 18 heavy (non-hydrogen) atoms. The van der Waals surface area contributed by atoms with Gasteiger partial charge in [-0.1, -0.05) is 6.07 Å². The maximum absolute atomic E-state index is 12.2. The standard InChI is InChI=1S/C11H21N3O2S2/c1-12-7-5-8-13(2)18(15,16)14(3)10-11-6-4-9-17-11/h4,6,9,12H,5,7-8,10H2,1-3H3. The van der Waals surface area contributed by atoms with Gasteiger partial charge in [0.05, 0.1) is 0 Å². The zero-order valence-electron chi connectivity index (χ0n) is 11.1. The first-order valence-corrected chi connectivity index (χ1v) is 8.10. The second-order valence-electron chi connectivity index (χ2n) is 4.12. The van der Waals surface area contributed by atoms with Crippen molar-refractivity contribution in [1.29, 1.82) is 0 Å². The molecule has 1 rings (SSSR count). The molecule has 0 amide bonds. The van der Waals surface area contributed by atoms with Gasteiger partial charge in [-0.3, -0.25) is 0 Å². The zero-order chi connectivity index (χ0) is 13.6. The topological polar surface area (TPSA) is 52.7 Å². The molecule has 0 unspecified atom stereocenters. The van der Waals surface area contributed by atoms with Crippen molar-refractivity contribution in [1.82, 2.24) is 13.9 Å². The van der Waals surface area contributed by atoms with Crippen molar-refractivity contribution in [2.45, 2.75) is 13.0 Å². The Labute approximate surface area is 114 Å². The second kappa shape index (κ2) is 7.20. The van der Waals surface area contributed by atoms with E-state index in [1.807, 2.05) is 24.6 Å². The summed E-state index contributed by atoms with van der Waals surface area (Å²) in [6.45, 7) is 1.77. The number of nitrogens with zero attached hydrogens (tertiary/aromatic N) is 2. The van der Waals surface area contributed by atoms with E-state index in [1.165, 1.54) is 8.61 Å². The summed E-state index contributed by atoms with van der Waals surface area (Å²) in [5.41, 5.74) is 0. The van der Waals surface area contributed by atoms with E-state index in [0.717, 1.165) is 17.8 Å². The van der Waals surface area contributed by atoms with Crippen LogP contribution in [0.15, 0.2) is 17.5 Å². The SMILES string of the molecule is CNCCCN(C)S(=O)(=O)N(C)Cc1cccs1. The van der Waals surface area contributed by atoms with Gasteiger partial charge in [-0.25, -0.2) is 0 Å². The number of rotatable bonds is 8. The Balaban J connectivity index is 2.56. The fraction of sp³-hybridized carbons (Fsp3) is 0.636. The summed E-state index contributed by atoms with van der Waals surface area (Å²) in [4.78, 5) is 1.05. The maximum Gasteiger partial charge on any atom is 0.281 e. The maximum atomic E-state index is 12.2. The molecular formula is C11H21N3O2S2. The summed E-state index contributed by atoms with van der Waals surface area (Å²) in [5, 5.41) is 4.96. The van der Waals surface area contributed by atoms with E-state index < -0.39 is 10.2 Å². The van der Waals surface area contributed by atoms with Crippen molar-refractivity contribution in [2.75, 3.05) is 34.2 Å². The van der Waals surface area contributed by atoms with Crippen LogP contribution in [0.4, 0.5) is 0 Å². The Bertz CT molecular complexity index is 431. The zero-order valence-corrected chi connectivity index (χ0v) is 12.7. The lowest BCUT2D eigenvalue weighted by atomic mass is 10.4. The van der Waals surface area contributed by atoms with Gasteiger partial charge < -0.3 is 5.32 Å². The smallest absolute Gasteiger partial charge is 0.281 e. The minimum atomic E-state index is -3.35. The number of nitrogens with one attached hydrogen (secondary N) is 1. The minimum absolute atomic E-state index is 0.427. The quantitative estimate of drug-likeness (QED) is 0.726. The largest absolute Gasteiger partial charge is 0.320 e. The van der Waals surface area contributed by atoms with Crippen LogP contribution in [0.1, 0.15) is 11.3 Å². The molecule has 104 valence electrons. The lowest BCUT2D eigenvalue weighted by Crippen LogP contribution is -2.40. The van der Waals surface area contributed by atoms with Gasteiger partial charge in [0.1, 0.15) is 0 Å². The number of hydrogen-bond donors (Lipinski definition) is 1. The molecule has 0 saturated carbocycles. The lowest BCUT2D eigenvalue weighted by Gasteiger charge is -2.23. The summed E-state index contributed by atoms with van der Waals surface area (Å²) in [7, 11) is 1.74. The fourth-order valence-electron chi connectivity index (χ4n) is 1.54. The molecule has 1 aromatic rings. The van der Waals surface area contributed by atoms with Gasteiger partial charge in [-0.05, 0) is 31.5 Å². The highest BCUT2D eigenvalue weighted by Gasteiger charge is 2.23. The molecule has 0 aliphatic carbocycles. The van der Waals surface area contributed by atoms with Crippen LogP contribution in [0.3, 0.4) is 0 Å². The molecule has 7 heteroatoms. The first-order chi connectivity index (χ1) is 8.48. The summed E-state index contributed by atoms with van der Waals surface area (Å²) in [6.07, 6.45) is 0.805. The average molecular weight is 291 g/mol. The molecule has 0 aromatic carbocycles. The third kappa shape index (κ3) is 4.33. The van der Waals surface area contributed by atoms with Gasteiger partial charge in [0.25, 0.3) is 10.2 Å². The molecule has 0 bridgehead atoms. The van der Waals surface area contributed by atoms with E-state index >= 15 is 0 Å². The molecule has 1 heterocycles. The van der Waals surface area contributed by atoms with Crippen molar-refractivity contribution >= 4 is 21.5 Å². The van der Waals surface area contributed by atoms with Crippen molar-refractivity contribution in [2.24, 2.45) is 0 Å². The molecule has 1 aromatic heterocycles. The molecule has 0 aliphatic rings. The van der Waals surface area contributed by atoms with Crippen LogP contribution in [0.25, 0.3) is 0 Å². The summed E-state index contributed by atoms with van der Waals surface area (Å²) >= 11 is 1.57. The van der Waals surface area contributed by atoms with Crippen LogP contribution in [0.5, 0.6) is 0 Å². The Kier molecular flexibility index (Phi) is 6.24. The first-order valence-electron chi connectivity index (χ1n) is 5.83. The molecule has 0 aliphatic heterocycles. The van der Waals surface area contributed by atoms with Crippen molar-refractivity contribution in [3.8, 4) is 0 Å².